The smallest absolute Gasteiger partial charge is 0.218 e. The van der Waals surface area contributed by atoms with Gasteiger partial charge in [0, 0.05) is 20.1 Å². The third-order valence-corrected chi connectivity index (χ3v) is 4.60. The van der Waals surface area contributed by atoms with Gasteiger partial charge in [-0.3, -0.25) is 0 Å². The van der Waals surface area contributed by atoms with Gasteiger partial charge < -0.3 is 5.32 Å². The van der Waals surface area contributed by atoms with Gasteiger partial charge >= 0.3 is 0 Å². The molecule has 1 rings (SSSR count). The van der Waals surface area contributed by atoms with E-state index in [-0.39, 0.29) is 23.2 Å². The van der Waals surface area contributed by atoms with Crippen LogP contribution in [0.15, 0.2) is 18.2 Å². The van der Waals surface area contributed by atoms with Crippen molar-refractivity contribution in [2.45, 2.75) is 5.75 Å². The quantitative estimate of drug-likeness (QED) is 0.866. The lowest BCUT2D eigenvalue weighted by molar-refractivity contribution is 0.465. The topological polar surface area (TPSA) is 49.4 Å². The largest absolute Gasteiger partial charge is 0.318 e. The maximum Gasteiger partial charge on any atom is 0.218 e. The molecule has 0 aromatic heterocycles. The third kappa shape index (κ3) is 5.62. The fourth-order valence-electron chi connectivity index (χ4n) is 1.36. The summed E-state index contributed by atoms with van der Waals surface area (Å²) >= 11 is 5.61. The van der Waals surface area contributed by atoms with Crippen LogP contribution in [0, 0.1) is 5.82 Å². The first kappa shape index (κ1) is 18.6. The van der Waals surface area contributed by atoms with E-state index in [1.54, 1.807) is 7.05 Å². The van der Waals surface area contributed by atoms with Gasteiger partial charge in [0.15, 0.2) is 0 Å². The molecule has 0 aliphatic carbocycles. The van der Waals surface area contributed by atoms with E-state index in [0.717, 1.165) is 0 Å². The van der Waals surface area contributed by atoms with Crippen molar-refractivity contribution in [3.8, 4) is 0 Å². The standard InChI is InChI=1S/C11H16ClFN2O2S.ClH/c1-14-5-6-15(2)18(16,17)8-9-3-4-11(13)10(12)7-9;/h3-4,7,14H,5-6,8H2,1-2H3;1H. The highest BCUT2D eigenvalue weighted by Crippen LogP contribution is 2.18. The third-order valence-electron chi connectivity index (χ3n) is 2.48. The second kappa shape index (κ2) is 8.01. The zero-order chi connectivity index (χ0) is 13.8. The molecule has 19 heavy (non-hydrogen) atoms. The molecular formula is C11H17Cl2FN2O2S. The minimum Gasteiger partial charge on any atom is -0.318 e. The van der Waals surface area contributed by atoms with Crippen molar-refractivity contribution in [2.24, 2.45) is 0 Å². The summed E-state index contributed by atoms with van der Waals surface area (Å²) in [5, 5.41) is 2.81. The number of likely N-dealkylation sites (N-methyl/N-ethyl adjacent to an activating group) is 2. The first-order valence-electron chi connectivity index (χ1n) is 5.39. The van der Waals surface area contributed by atoms with Crippen molar-refractivity contribution in [1.29, 1.82) is 0 Å². The normalized spacial score (nSPS) is 11.4. The number of sulfonamides is 1. The zero-order valence-corrected chi connectivity index (χ0v) is 13.1. The maximum absolute atomic E-state index is 13.0. The zero-order valence-electron chi connectivity index (χ0n) is 10.7. The average Bonchev–Trinajstić information content (AvgIpc) is 2.30. The Kier molecular flexibility index (Phi) is 7.85. The number of rotatable bonds is 6. The van der Waals surface area contributed by atoms with Gasteiger partial charge in [-0.25, -0.2) is 17.1 Å². The lowest BCUT2D eigenvalue weighted by atomic mass is 10.2. The van der Waals surface area contributed by atoms with E-state index in [4.69, 9.17) is 11.6 Å². The van der Waals surface area contributed by atoms with Crippen molar-refractivity contribution in [3.05, 3.63) is 34.6 Å². The van der Waals surface area contributed by atoms with Crippen LogP contribution in [0.25, 0.3) is 0 Å². The number of hydrogen-bond acceptors (Lipinski definition) is 3. The van der Waals surface area contributed by atoms with Crippen LogP contribution >= 0.6 is 24.0 Å². The summed E-state index contributed by atoms with van der Waals surface area (Å²) in [5.41, 5.74) is 0.470. The molecule has 0 aliphatic heterocycles. The van der Waals surface area contributed by atoms with E-state index < -0.39 is 15.8 Å². The van der Waals surface area contributed by atoms with Crippen molar-refractivity contribution in [2.75, 3.05) is 27.2 Å². The lowest BCUT2D eigenvalue weighted by Crippen LogP contribution is -2.33. The summed E-state index contributed by atoms with van der Waals surface area (Å²) in [6.07, 6.45) is 0. The molecule has 0 amide bonds. The lowest BCUT2D eigenvalue weighted by Gasteiger charge is -2.17. The number of nitrogens with zero attached hydrogens (tertiary/aromatic N) is 1. The number of hydrogen-bond donors (Lipinski definition) is 1. The Labute approximate surface area is 124 Å². The molecule has 0 bridgehead atoms. The molecule has 0 saturated carbocycles. The van der Waals surface area contributed by atoms with Crippen molar-refractivity contribution >= 4 is 34.0 Å². The molecule has 0 saturated heterocycles. The number of nitrogens with one attached hydrogen (secondary N) is 1. The average molecular weight is 331 g/mol. The van der Waals surface area contributed by atoms with E-state index in [1.165, 1.54) is 29.6 Å². The molecule has 0 heterocycles. The highest BCUT2D eigenvalue weighted by molar-refractivity contribution is 7.88. The van der Waals surface area contributed by atoms with Gasteiger partial charge in [-0.05, 0) is 24.7 Å². The van der Waals surface area contributed by atoms with Gasteiger partial charge in [0.1, 0.15) is 5.82 Å². The maximum atomic E-state index is 13.0. The predicted octanol–water partition coefficient (Wildman–Crippen LogP) is 1.88. The van der Waals surface area contributed by atoms with E-state index in [0.29, 0.717) is 18.7 Å². The molecule has 0 spiro atoms. The second-order valence-corrected chi connectivity index (χ2v) is 6.41. The Hall–Kier alpha value is -0.400. The number of benzene rings is 1. The molecule has 0 aliphatic rings. The molecule has 1 aromatic rings. The molecule has 1 aromatic carbocycles. The Morgan fingerprint density at radius 3 is 2.58 bits per heavy atom. The monoisotopic (exact) mass is 330 g/mol. The van der Waals surface area contributed by atoms with Crippen molar-refractivity contribution in [1.82, 2.24) is 9.62 Å². The molecule has 0 atom stereocenters. The van der Waals surface area contributed by atoms with E-state index in [9.17, 15) is 12.8 Å². The molecule has 0 radical (unpaired) electrons. The molecule has 0 fully saturated rings. The van der Waals surface area contributed by atoms with Crippen LogP contribution in [-0.2, 0) is 15.8 Å². The summed E-state index contributed by atoms with van der Waals surface area (Å²) in [7, 11) is -0.141. The highest BCUT2D eigenvalue weighted by Gasteiger charge is 2.18. The first-order valence-corrected chi connectivity index (χ1v) is 7.38. The van der Waals surface area contributed by atoms with Gasteiger partial charge in [0.05, 0.1) is 10.8 Å². The molecular weight excluding hydrogens is 314 g/mol. The van der Waals surface area contributed by atoms with Gasteiger partial charge in [0.2, 0.25) is 10.0 Å². The van der Waals surface area contributed by atoms with Crippen LogP contribution in [0.2, 0.25) is 5.02 Å². The molecule has 0 unspecified atom stereocenters. The van der Waals surface area contributed by atoms with Gasteiger partial charge in [-0.15, -0.1) is 12.4 Å². The van der Waals surface area contributed by atoms with Crippen LogP contribution < -0.4 is 5.32 Å². The van der Waals surface area contributed by atoms with Crippen molar-refractivity contribution in [3.63, 3.8) is 0 Å². The van der Waals surface area contributed by atoms with Crippen molar-refractivity contribution < 1.29 is 12.8 Å². The fraction of sp³-hybridized carbons (Fsp3) is 0.455. The fourth-order valence-corrected chi connectivity index (χ4v) is 2.75. The number of halogens is 3. The Bertz CT molecular complexity index is 511. The van der Waals surface area contributed by atoms with Gasteiger partial charge in [-0.1, -0.05) is 17.7 Å². The van der Waals surface area contributed by atoms with Gasteiger partial charge in [0.25, 0.3) is 0 Å². The molecule has 1 N–H and O–H groups in total. The van der Waals surface area contributed by atoms with Crippen LogP contribution in [0.5, 0.6) is 0 Å². The van der Waals surface area contributed by atoms with Gasteiger partial charge in [-0.2, -0.15) is 0 Å². The van der Waals surface area contributed by atoms with E-state index >= 15 is 0 Å². The second-order valence-electron chi connectivity index (χ2n) is 3.93. The molecule has 110 valence electrons. The van der Waals surface area contributed by atoms with Crippen LogP contribution in [-0.4, -0.2) is 39.9 Å². The first-order chi connectivity index (χ1) is 8.36. The summed E-state index contributed by atoms with van der Waals surface area (Å²) in [4.78, 5) is 0. The van der Waals surface area contributed by atoms with Crippen LogP contribution in [0.3, 0.4) is 0 Å². The minimum absolute atomic E-state index is 0. The van der Waals surface area contributed by atoms with Crippen LogP contribution in [0.4, 0.5) is 4.39 Å². The predicted molar refractivity (Wildman–Crippen MR) is 77.8 cm³/mol. The molecule has 8 heteroatoms. The van der Waals surface area contributed by atoms with E-state index in [2.05, 4.69) is 5.32 Å². The Balaban J connectivity index is 0.00000324. The Morgan fingerprint density at radius 1 is 1.42 bits per heavy atom. The summed E-state index contributed by atoms with van der Waals surface area (Å²) in [6, 6.07) is 3.92. The minimum atomic E-state index is -3.40. The summed E-state index contributed by atoms with van der Waals surface area (Å²) < 4.78 is 38.1. The summed E-state index contributed by atoms with van der Waals surface area (Å²) in [5.74, 6) is -0.742. The molecule has 4 nitrogen and oxygen atoms in total. The summed E-state index contributed by atoms with van der Waals surface area (Å²) in [6.45, 7) is 0.952. The Morgan fingerprint density at radius 2 is 2.05 bits per heavy atom. The van der Waals surface area contributed by atoms with E-state index in [1.807, 2.05) is 0 Å². The SMILES string of the molecule is CNCCN(C)S(=O)(=O)Cc1ccc(F)c(Cl)c1.Cl. The highest BCUT2D eigenvalue weighted by atomic mass is 35.5. The van der Waals surface area contributed by atoms with Crippen LogP contribution in [0.1, 0.15) is 5.56 Å².